The van der Waals surface area contributed by atoms with Crippen LogP contribution in [0.2, 0.25) is 0 Å². The third kappa shape index (κ3) is 11.7. The highest BCUT2D eigenvalue weighted by molar-refractivity contribution is 5.96. The number of methoxy groups -OCH3 is 1. The van der Waals surface area contributed by atoms with E-state index < -0.39 is 23.7 Å². The molecule has 60 heavy (non-hydrogen) atoms. The fourth-order valence-electron chi connectivity index (χ4n) is 6.58. The van der Waals surface area contributed by atoms with Crippen LogP contribution in [0.3, 0.4) is 0 Å². The van der Waals surface area contributed by atoms with Gasteiger partial charge in [0.15, 0.2) is 11.5 Å². The third-order valence-electron chi connectivity index (χ3n) is 9.65. The van der Waals surface area contributed by atoms with Crippen LogP contribution in [-0.2, 0) is 30.5 Å². The molecule has 3 heterocycles. The Balaban J connectivity index is 0.928. The summed E-state index contributed by atoms with van der Waals surface area (Å²) in [6.07, 6.45) is 7.05. The highest BCUT2D eigenvalue weighted by Crippen LogP contribution is 2.37. The number of hydrogen-bond acceptors (Lipinski definition) is 12. The number of aromatic nitrogens is 4. The molecule has 16 heteroatoms. The molecular formula is C44H53N9O7. The van der Waals surface area contributed by atoms with Crippen molar-refractivity contribution in [1.82, 2.24) is 29.7 Å². The molecule has 3 amide bonds. The highest BCUT2D eigenvalue weighted by Gasteiger charge is 2.22. The smallest absolute Gasteiger partial charge is 0.414 e. The predicted octanol–water partition coefficient (Wildman–Crippen LogP) is 6.12. The molecule has 1 aliphatic heterocycles. The number of carbonyl (C=O) groups excluding carboxylic acids is 3. The van der Waals surface area contributed by atoms with Crippen molar-refractivity contribution in [3.8, 4) is 17.2 Å². The maximum atomic E-state index is 13.0. The number of fused-ring (bicyclic) bond motifs is 3. The van der Waals surface area contributed by atoms with E-state index in [1.54, 1.807) is 7.05 Å². The predicted molar refractivity (Wildman–Crippen MR) is 227 cm³/mol. The van der Waals surface area contributed by atoms with Gasteiger partial charge in [0.05, 0.1) is 19.3 Å². The van der Waals surface area contributed by atoms with Crippen LogP contribution < -0.4 is 36.2 Å². The molecule has 0 unspecified atom stereocenters. The molecule has 0 fully saturated rings. The van der Waals surface area contributed by atoms with Gasteiger partial charge in [-0.15, -0.1) is 0 Å². The molecule has 0 spiro atoms. The minimum absolute atomic E-state index is 0.0591. The van der Waals surface area contributed by atoms with Crippen molar-refractivity contribution in [2.75, 3.05) is 51.4 Å². The van der Waals surface area contributed by atoms with Crippen molar-refractivity contribution >= 4 is 40.8 Å². The lowest BCUT2D eigenvalue weighted by Gasteiger charge is -2.19. The molecule has 1 aliphatic rings. The average Bonchev–Trinajstić information content (AvgIpc) is 3.72. The number of hydrogen-bond donors (Lipinski definition) is 3. The number of nitrogens with one attached hydrogen (secondary N) is 2. The van der Waals surface area contributed by atoms with E-state index in [1.807, 2.05) is 61.7 Å². The van der Waals surface area contributed by atoms with Gasteiger partial charge in [0.25, 0.3) is 5.91 Å². The largest absolute Gasteiger partial charge is 0.491 e. The molecular weight excluding hydrogens is 767 g/mol. The van der Waals surface area contributed by atoms with E-state index in [0.29, 0.717) is 62.0 Å². The van der Waals surface area contributed by atoms with Crippen LogP contribution in [0.25, 0.3) is 10.9 Å². The van der Waals surface area contributed by atoms with Crippen LogP contribution in [0.5, 0.6) is 17.2 Å². The molecule has 0 saturated carbocycles. The molecule has 0 atom stereocenters. The summed E-state index contributed by atoms with van der Waals surface area (Å²) >= 11 is 0. The second-order valence-corrected chi connectivity index (χ2v) is 15.4. The number of amides is 3. The Bertz CT molecular complexity index is 2340. The van der Waals surface area contributed by atoms with Gasteiger partial charge >= 0.3 is 12.2 Å². The fraction of sp³-hybridized carbons (Fsp3) is 0.386. The molecule has 0 radical (unpaired) electrons. The second kappa shape index (κ2) is 19.8. The zero-order valence-corrected chi connectivity index (χ0v) is 34.8. The lowest BCUT2D eigenvalue weighted by molar-refractivity contribution is 0.0528. The van der Waals surface area contributed by atoms with Crippen LogP contribution >= 0.6 is 0 Å². The summed E-state index contributed by atoms with van der Waals surface area (Å²) in [5, 5.41) is 6.94. The van der Waals surface area contributed by atoms with Gasteiger partial charge in [-0.05, 0) is 100 Å². The number of aryl methyl sites for hydroxylation is 2. The monoisotopic (exact) mass is 819 g/mol. The van der Waals surface area contributed by atoms with Crippen molar-refractivity contribution < 1.29 is 33.3 Å². The van der Waals surface area contributed by atoms with Crippen LogP contribution in [0.1, 0.15) is 67.1 Å². The molecule has 0 saturated heterocycles. The van der Waals surface area contributed by atoms with E-state index in [-0.39, 0.29) is 17.1 Å². The molecule has 4 N–H and O–H groups in total. The van der Waals surface area contributed by atoms with Crippen LogP contribution in [-0.4, -0.2) is 88.5 Å². The van der Waals surface area contributed by atoms with Gasteiger partial charge in [-0.1, -0.05) is 36.4 Å². The summed E-state index contributed by atoms with van der Waals surface area (Å²) in [5.74, 6) is 1.61. The lowest BCUT2D eigenvalue weighted by atomic mass is 10.0. The number of alkyl carbamates (subject to hydrolysis) is 1. The van der Waals surface area contributed by atoms with Gasteiger partial charge in [-0.2, -0.15) is 4.99 Å². The van der Waals surface area contributed by atoms with Crippen molar-refractivity contribution in [3.05, 3.63) is 101 Å². The summed E-state index contributed by atoms with van der Waals surface area (Å²) in [6, 6.07) is 19.9. The number of ether oxygens (including phenoxy) is 4. The van der Waals surface area contributed by atoms with Crippen molar-refractivity contribution in [2.24, 2.45) is 4.99 Å². The molecule has 316 valence electrons. The number of nitrogens with zero attached hydrogens (tertiary/aromatic N) is 6. The third-order valence-corrected chi connectivity index (χ3v) is 9.65. The first kappa shape index (κ1) is 42.9. The van der Waals surface area contributed by atoms with E-state index in [4.69, 9.17) is 29.7 Å². The Hall–Kier alpha value is -6.71. The number of unbranched alkanes of at least 4 members (excludes halogenated alkanes) is 1. The average molecular weight is 820 g/mol. The van der Waals surface area contributed by atoms with E-state index in [2.05, 4.69) is 49.9 Å². The molecule has 6 rings (SSSR count). The fourth-order valence-corrected chi connectivity index (χ4v) is 6.58. The maximum absolute atomic E-state index is 13.0. The molecule has 3 aromatic carbocycles. The number of carbonyl (C=O) groups is 3. The normalized spacial score (nSPS) is 12.4. The number of benzene rings is 3. The number of anilines is 2. The number of nitrogen functional groups attached to an aromatic ring is 1. The first-order chi connectivity index (χ1) is 28.9. The number of rotatable bonds is 16. The molecule has 5 aromatic rings. The number of nitrogens with two attached hydrogens (primary N) is 1. The van der Waals surface area contributed by atoms with Crippen LogP contribution in [0, 0.1) is 0 Å². The minimum Gasteiger partial charge on any atom is -0.491 e. The van der Waals surface area contributed by atoms with E-state index in [0.717, 1.165) is 43.3 Å². The summed E-state index contributed by atoms with van der Waals surface area (Å²) < 4.78 is 24.6. The topological polar surface area (TPSA) is 197 Å². The van der Waals surface area contributed by atoms with Crippen molar-refractivity contribution in [3.63, 3.8) is 0 Å². The van der Waals surface area contributed by atoms with E-state index in [1.165, 1.54) is 41.1 Å². The Morgan fingerprint density at radius 1 is 0.917 bits per heavy atom. The Morgan fingerprint density at radius 3 is 2.22 bits per heavy atom. The Morgan fingerprint density at radius 2 is 1.57 bits per heavy atom. The van der Waals surface area contributed by atoms with Crippen molar-refractivity contribution in [2.45, 2.75) is 71.4 Å². The van der Waals surface area contributed by atoms with E-state index >= 15 is 0 Å². The first-order valence-electron chi connectivity index (χ1n) is 20.1. The van der Waals surface area contributed by atoms with Gasteiger partial charge in [-0.3, -0.25) is 9.36 Å². The molecule has 16 nitrogen and oxygen atoms in total. The Labute approximate surface area is 349 Å². The second-order valence-electron chi connectivity index (χ2n) is 15.4. The van der Waals surface area contributed by atoms with E-state index in [9.17, 15) is 14.4 Å². The Kier molecular flexibility index (Phi) is 14.2. The van der Waals surface area contributed by atoms with Crippen LogP contribution in [0.4, 0.5) is 21.4 Å². The van der Waals surface area contributed by atoms with Crippen LogP contribution in [0.15, 0.2) is 78.0 Å². The maximum Gasteiger partial charge on any atom is 0.414 e. The zero-order chi connectivity index (χ0) is 42.6. The minimum atomic E-state index is -0.555. The first-order valence-corrected chi connectivity index (χ1v) is 20.1. The quantitative estimate of drug-likeness (QED) is 0.0967. The zero-order valence-electron chi connectivity index (χ0n) is 34.8. The van der Waals surface area contributed by atoms with Gasteiger partial charge in [0.1, 0.15) is 22.7 Å². The lowest BCUT2D eigenvalue weighted by Crippen LogP contribution is -2.33. The summed E-state index contributed by atoms with van der Waals surface area (Å²) in [6.45, 7) is 7.97. The molecule has 2 aromatic heterocycles. The molecule has 0 bridgehead atoms. The highest BCUT2D eigenvalue weighted by atomic mass is 16.6. The van der Waals surface area contributed by atoms with Gasteiger partial charge < -0.3 is 40.2 Å². The standard InChI is InChI=1S/C44H53N9O7/c1-44(2,3)60-42(55)47-22-21-31-13-11-29(12-14-31)9-6-7-10-30-15-17-33(18-16-30)59-43(56)52(4)24-8-26-58-35-20-19-34-36(37(35)57-5)50-41(53-25-23-46-38(34)53)51-39(54)32-27-48-40(45)49-28-32/h11-20,27-28,46H,6-10,21-26H2,1-5H3,(H,47,55)(H2,45,48,49). The SMILES string of the molecule is COc1c(OCCCN(C)C(=O)Oc2ccc(CCCCc3ccc(CCNC(=O)OC(C)(C)C)cc3)cc2)ccc2c3n(c(=NC(=O)c4cnc(N)nc4)nc12)CCN3. The summed E-state index contributed by atoms with van der Waals surface area (Å²) in [7, 11) is 3.21. The van der Waals surface area contributed by atoms with Crippen molar-refractivity contribution in [1.29, 1.82) is 0 Å². The van der Waals surface area contributed by atoms with Gasteiger partial charge in [0, 0.05) is 51.0 Å². The summed E-state index contributed by atoms with van der Waals surface area (Å²) in [4.78, 5) is 55.9. The molecule has 0 aliphatic carbocycles. The van der Waals surface area contributed by atoms with Gasteiger partial charge in [0.2, 0.25) is 11.6 Å². The summed E-state index contributed by atoms with van der Waals surface area (Å²) in [5.41, 5.74) is 9.56. The van der Waals surface area contributed by atoms with Gasteiger partial charge in [-0.25, -0.2) is 24.5 Å².